The van der Waals surface area contributed by atoms with Crippen molar-refractivity contribution in [2.24, 2.45) is 0 Å². The van der Waals surface area contributed by atoms with E-state index in [9.17, 15) is 13.2 Å². The Kier molecular flexibility index (Phi) is 4.63. The molecule has 0 amide bonds. The van der Waals surface area contributed by atoms with Crippen LogP contribution in [0.4, 0.5) is 13.2 Å². The third kappa shape index (κ3) is 4.09. The van der Waals surface area contributed by atoms with Crippen LogP contribution < -0.4 is 0 Å². The van der Waals surface area contributed by atoms with Crippen molar-refractivity contribution in [2.45, 2.75) is 12.8 Å². The largest absolute Gasteiger partial charge is 0.460 e. The summed E-state index contributed by atoms with van der Waals surface area (Å²) in [6.07, 6.45) is -0.680. The summed E-state index contributed by atoms with van der Waals surface area (Å²) in [5, 5.41) is 0. The van der Waals surface area contributed by atoms with Gasteiger partial charge < -0.3 is 0 Å². The highest BCUT2D eigenvalue weighted by Crippen LogP contribution is 2.24. The number of hydrogen-bond donors (Lipinski definition) is 0. The van der Waals surface area contributed by atoms with Gasteiger partial charge in [0, 0.05) is 45.1 Å². The Labute approximate surface area is 133 Å². The molecule has 6 heteroatoms. The predicted molar refractivity (Wildman–Crippen MR) is 82.6 cm³/mol. The fourth-order valence-electron chi connectivity index (χ4n) is 2.80. The molecule has 3 nitrogen and oxygen atoms in total. The zero-order chi connectivity index (χ0) is 16.3. The summed E-state index contributed by atoms with van der Waals surface area (Å²) >= 11 is 0. The van der Waals surface area contributed by atoms with Crippen molar-refractivity contribution in [1.29, 1.82) is 0 Å². The average molecular weight is 321 g/mol. The molecule has 0 atom stereocenters. The van der Waals surface area contributed by atoms with E-state index in [4.69, 9.17) is 0 Å². The van der Waals surface area contributed by atoms with Crippen LogP contribution in [0.15, 0.2) is 48.8 Å². The number of benzene rings is 1. The Balaban J connectivity index is 1.64. The van der Waals surface area contributed by atoms with E-state index in [-0.39, 0.29) is 13.1 Å². The highest BCUT2D eigenvalue weighted by Gasteiger charge is 2.38. The number of rotatable bonds is 3. The van der Waals surface area contributed by atoms with Crippen LogP contribution in [0.3, 0.4) is 0 Å². The summed E-state index contributed by atoms with van der Waals surface area (Å²) in [4.78, 5) is 6.75. The van der Waals surface area contributed by atoms with Crippen LogP contribution in [0.25, 0.3) is 11.1 Å². The first kappa shape index (κ1) is 16.0. The van der Waals surface area contributed by atoms with E-state index in [0.29, 0.717) is 24.5 Å². The summed E-state index contributed by atoms with van der Waals surface area (Å²) in [7, 11) is 0. The maximum Gasteiger partial charge on any atom is 0.460 e. The molecule has 2 aromatic rings. The molecule has 122 valence electrons. The molecule has 1 saturated heterocycles. The number of pyridine rings is 1. The molecular weight excluding hydrogens is 303 g/mol. The molecule has 1 fully saturated rings. The van der Waals surface area contributed by atoms with Crippen LogP contribution in [0, 0.1) is 0 Å². The van der Waals surface area contributed by atoms with E-state index in [1.165, 1.54) is 0 Å². The Morgan fingerprint density at radius 2 is 1.70 bits per heavy atom. The third-order valence-corrected chi connectivity index (χ3v) is 4.06. The van der Waals surface area contributed by atoms with Gasteiger partial charge in [-0.1, -0.05) is 24.3 Å². The molecule has 23 heavy (non-hydrogen) atoms. The quantitative estimate of drug-likeness (QED) is 0.808. The second kappa shape index (κ2) is 6.68. The van der Waals surface area contributed by atoms with Gasteiger partial charge in [-0.2, -0.15) is 13.2 Å². The average Bonchev–Trinajstić information content (AvgIpc) is 2.56. The molecule has 0 N–H and O–H groups in total. The van der Waals surface area contributed by atoms with Crippen LogP contribution in [0.2, 0.25) is 0 Å². The smallest absolute Gasteiger partial charge is 0.297 e. The lowest BCUT2D eigenvalue weighted by Gasteiger charge is -2.35. The number of hydrogen-bond acceptors (Lipinski definition) is 3. The van der Waals surface area contributed by atoms with Gasteiger partial charge in [-0.25, -0.2) is 4.90 Å². The normalized spacial score (nSPS) is 17.3. The molecule has 1 aromatic heterocycles. The van der Waals surface area contributed by atoms with E-state index in [1.54, 1.807) is 12.4 Å². The van der Waals surface area contributed by atoms with Crippen molar-refractivity contribution in [2.75, 3.05) is 26.2 Å². The van der Waals surface area contributed by atoms with E-state index in [0.717, 1.165) is 16.7 Å². The van der Waals surface area contributed by atoms with Gasteiger partial charge in [0.15, 0.2) is 0 Å². The molecule has 0 radical (unpaired) electrons. The minimum atomic E-state index is -4.22. The maximum absolute atomic E-state index is 12.6. The molecule has 1 aliphatic heterocycles. The van der Waals surface area contributed by atoms with Gasteiger partial charge in [0.05, 0.1) is 0 Å². The number of aromatic nitrogens is 1. The first-order valence-electron chi connectivity index (χ1n) is 7.56. The molecule has 0 unspecified atom stereocenters. The fourth-order valence-corrected chi connectivity index (χ4v) is 2.80. The van der Waals surface area contributed by atoms with Crippen LogP contribution in [0.1, 0.15) is 5.56 Å². The third-order valence-electron chi connectivity index (χ3n) is 4.06. The zero-order valence-corrected chi connectivity index (χ0v) is 12.6. The minimum Gasteiger partial charge on any atom is -0.297 e. The molecule has 2 heterocycles. The van der Waals surface area contributed by atoms with Crippen LogP contribution in [0.5, 0.6) is 0 Å². The molecule has 1 aromatic carbocycles. The summed E-state index contributed by atoms with van der Waals surface area (Å²) in [5.41, 5.74) is 3.22. The number of piperazine rings is 1. The molecular formula is C17H18F3N3. The highest BCUT2D eigenvalue weighted by molar-refractivity contribution is 5.62. The SMILES string of the molecule is FC(F)(F)N1CCN(Cc2cccc(-c3cccnc3)c2)CC1. The van der Waals surface area contributed by atoms with Crippen molar-refractivity contribution in [3.63, 3.8) is 0 Å². The fraction of sp³-hybridized carbons (Fsp3) is 0.353. The van der Waals surface area contributed by atoms with Crippen molar-refractivity contribution >= 4 is 0 Å². The van der Waals surface area contributed by atoms with Gasteiger partial charge in [0.1, 0.15) is 0 Å². The second-order valence-electron chi connectivity index (χ2n) is 5.67. The molecule has 0 aliphatic carbocycles. The van der Waals surface area contributed by atoms with Gasteiger partial charge >= 0.3 is 6.30 Å². The molecule has 0 spiro atoms. The first-order valence-corrected chi connectivity index (χ1v) is 7.56. The van der Waals surface area contributed by atoms with E-state index in [1.807, 2.05) is 30.3 Å². The Morgan fingerprint density at radius 1 is 0.957 bits per heavy atom. The van der Waals surface area contributed by atoms with Crippen molar-refractivity contribution in [3.8, 4) is 11.1 Å². The lowest BCUT2D eigenvalue weighted by atomic mass is 10.0. The van der Waals surface area contributed by atoms with Crippen LogP contribution >= 0.6 is 0 Å². The van der Waals surface area contributed by atoms with Crippen molar-refractivity contribution in [1.82, 2.24) is 14.8 Å². The van der Waals surface area contributed by atoms with Gasteiger partial charge in [0.2, 0.25) is 0 Å². The van der Waals surface area contributed by atoms with Crippen LogP contribution in [-0.4, -0.2) is 47.3 Å². The van der Waals surface area contributed by atoms with Gasteiger partial charge in [-0.05, 0) is 28.8 Å². The molecule has 1 aliphatic rings. The van der Waals surface area contributed by atoms with Gasteiger partial charge in [-0.3, -0.25) is 9.88 Å². The number of nitrogens with zero attached hydrogens (tertiary/aromatic N) is 3. The lowest BCUT2D eigenvalue weighted by molar-refractivity contribution is -0.252. The van der Waals surface area contributed by atoms with Crippen molar-refractivity contribution < 1.29 is 13.2 Å². The highest BCUT2D eigenvalue weighted by atomic mass is 19.4. The summed E-state index contributed by atoms with van der Waals surface area (Å²) < 4.78 is 37.9. The summed E-state index contributed by atoms with van der Waals surface area (Å²) in [5.74, 6) is 0. The minimum absolute atomic E-state index is 0.0335. The molecule has 0 bridgehead atoms. The Bertz CT molecular complexity index is 635. The van der Waals surface area contributed by atoms with Crippen molar-refractivity contribution in [3.05, 3.63) is 54.4 Å². The van der Waals surface area contributed by atoms with Gasteiger partial charge in [0.25, 0.3) is 0 Å². The van der Waals surface area contributed by atoms with E-state index >= 15 is 0 Å². The van der Waals surface area contributed by atoms with E-state index in [2.05, 4.69) is 16.0 Å². The topological polar surface area (TPSA) is 19.4 Å². The predicted octanol–water partition coefficient (Wildman–Crippen LogP) is 3.39. The maximum atomic E-state index is 12.6. The molecule has 0 saturated carbocycles. The number of alkyl halides is 3. The lowest BCUT2D eigenvalue weighted by Crippen LogP contribution is -2.51. The van der Waals surface area contributed by atoms with E-state index < -0.39 is 6.30 Å². The zero-order valence-electron chi connectivity index (χ0n) is 12.6. The molecule has 3 rings (SSSR count). The first-order chi connectivity index (χ1) is 11.0. The Hall–Kier alpha value is -1.92. The Morgan fingerprint density at radius 3 is 2.35 bits per heavy atom. The summed E-state index contributed by atoms with van der Waals surface area (Å²) in [6, 6.07) is 12.0. The number of halogens is 3. The monoisotopic (exact) mass is 321 g/mol. The summed E-state index contributed by atoms with van der Waals surface area (Å²) in [6.45, 7) is 1.59. The second-order valence-corrected chi connectivity index (χ2v) is 5.67. The standard InChI is InChI=1S/C17H18F3N3/c18-17(19,20)23-9-7-22(8-10-23)13-14-3-1-4-15(11-14)16-5-2-6-21-12-16/h1-6,11-12H,7-10,13H2. The van der Waals surface area contributed by atoms with Gasteiger partial charge in [-0.15, -0.1) is 0 Å². The van der Waals surface area contributed by atoms with Crippen LogP contribution in [-0.2, 0) is 6.54 Å².